The van der Waals surface area contributed by atoms with Gasteiger partial charge in [0.05, 0.1) is 19.8 Å². The molecule has 1 unspecified atom stereocenters. The van der Waals surface area contributed by atoms with E-state index in [9.17, 15) is 4.79 Å². The Labute approximate surface area is 141 Å². The second kappa shape index (κ2) is 6.07. The maximum absolute atomic E-state index is 11.2. The van der Waals surface area contributed by atoms with Crippen molar-refractivity contribution in [3.05, 3.63) is 48.0 Å². The molecule has 0 radical (unpaired) electrons. The van der Waals surface area contributed by atoms with Crippen LogP contribution < -0.4 is 14.8 Å². The van der Waals surface area contributed by atoms with Gasteiger partial charge in [-0.1, -0.05) is 38.1 Å². The molecule has 2 aromatic rings. The van der Waals surface area contributed by atoms with Crippen LogP contribution in [0.25, 0.3) is 11.1 Å². The van der Waals surface area contributed by atoms with Gasteiger partial charge in [0.1, 0.15) is 11.5 Å². The van der Waals surface area contributed by atoms with E-state index in [0.29, 0.717) is 12.4 Å². The topological polar surface area (TPSA) is 67.8 Å². The van der Waals surface area contributed by atoms with Crippen LogP contribution in [0.15, 0.2) is 42.5 Å². The third-order valence-electron chi connectivity index (χ3n) is 4.38. The van der Waals surface area contributed by atoms with Crippen LogP contribution in [0.2, 0.25) is 0 Å². The van der Waals surface area contributed by atoms with E-state index < -0.39 is 6.09 Å². The van der Waals surface area contributed by atoms with Crippen LogP contribution in [0.3, 0.4) is 0 Å². The highest BCUT2D eigenvalue weighted by atomic mass is 16.5. The fourth-order valence-corrected chi connectivity index (χ4v) is 3.04. The molecule has 1 heterocycles. The first-order valence-corrected chi connectivity index (χ1v) is 7.81. The van der Waals surface area contributed by atoms with Gasteiger partial charge in [-0.2, -0.15) is 0 Å². The minimum atomic E-state index is -1.03. The van der Waals surface area contributed by atoms with E-state index >= 15 is 0 Å². The van der Waals surface area contributed by atoms with Crippen molar-refractivity contribution in [3.8, 4) is 22.6 Å². The van der Waals surface area contributed by atoms with E-state index in [0.717, 1.165) is 22.4 Å². The predicted molar refractivity (Wildman–Crippen MR) is 91.6 cm³/mol. The summed E-state index contributed by atoms with van der Waals surface area (Å²) in [5.41, 5.74) is 2.57. The molecule has 0 bridgehead atoms. The number of methoxy groups -OCH3 is 1. The van der Waals surface area contributed by atoms with Crippen LogP contribution in [-0.2, 0) is 0 Å². The largest absolute Gasteiger partial charge is 0.497 e. The van der Waals surface area contributed by atoms with Crippen molar-refractivity contribution in [2.45, 2.75) is 19.9 Å². The number of hydrogen-bond acceptors (Lipinski definition) is 3. The Hall–Kier alpha value is -2.69. The number of ether oxygens (including phenoxy) is 2. The van der Waals surface area contributed by atoms with E-state index in [2.05, 4.69) is 5.32 Å². The van der Waals surface area contributed by atoms with Crippen LogP contribution >= 0.6 is 0 Å². The van der Waals surface area contributed by atoms with Gasteiger partial charge in [-0.25, -0.2) is 4.79 Å². The zero-order valence-corrected chi connectivity index (χ0v) is 14.0. The molecule has 1 aliphatic rings. The van der Waals surface area contributed by atoms with Crippen molar-refractivity contribution in [2.24, 2.45) is 5.41 Å². The monoisotopic (exact) mass is 327 g/mol. The Kier molecular flexibility index (Phi) is 4.09. The van der Waals surface area contributed by atoms with Gasteiger partial charge in [0.15, 0.2) is 0 Å². The summed E-state index contributed by atoms with van der Waals surface area (Å²) in [6.45, 7) is 4.44. The van der Waals surface area contributed by atoms with Crippen molar-refractivity contribution in [1.82, 2.24) is 5.32 Å². The Morgan fingerprint density at radius 1 is 1.25 bits per heavy atom. The molecule has 5 heteroatoms. The predicted octanol–water partition coefficient (Wildman–Crippen LogP) is 4.09. The maximum Gasteiger partial charge on any atom is 0.405 e. The standard InChI is InChI=1S/C19H21NO4/c1-19(2)11-24-16-10-13(12-5-4-6-14(9-12)23-3)7-8-15(16)17(19)20-18(21)22/h4-10,17,20H,11H2,1-3H3,(H,21,22). The van der Waals surface area contributed by atoms with Gasteiger partial charge >= 0.3 is 6.09 Å². The average Bonchev–Trinajstić information content (AvgIpc) is 2.57. The Morgan fingerprint density at radius 2 is 2.00 bits per heavy atom. The lowest BCUT2D eigenvalue weighted by Crippen LogP contribution is -2.43. The first-order valence-electron chi connectivity index (χ1n) is 7.81. The maximum atomic E-state index is 11.2. The van der Waals surface area contributed by atoms with Gasteiger partial charge < -0.3 is 19.9 Å². The molecule has 2 N–H and O–H groups in total. The molecule has 0 fully saturated rings. The average molecular weight is 327 g/mol. The SMILES string of the molecule is COc1cccc(-c2ccc3c(c2)OCC(C)(C)C3NC(=O)O)c1. The fraction of sp³-hybridized carbons (Fsp3) is 0.316. The van der Waals surface area contributed by atoms with Crippen LogP contribution in [-0.4, -0.2) is 24.9 Å². The smallest absolute Gasteiger partial charge is 0.405 e. The van der Waals surface area contributed by atoms with Crippen LogP contribution in [0, 0.1) is 5.41 Å². The highest BCUT2D eigenvalue weighted by Gasteiger charge is 2.38. The van der Waals surface area contributed by atoms with Gasteiger partial charge in [-0.05, 0) is 29.3 Å². The molecule has 0 saturated heterocycles. The molecule has 3 rings (SSSR count). The summed E-state index contributed by atoms with van der Waals surface area (Å²) in [6.07, 6.45) is -1.03. The molecule has 0 aliphatic carbocycles. The van der Waals surface area contributed by atoms with Crippen molar-refractivity contribution < 1.29 is 19.4 Å². The molecule has 1 amide bonds. The fourth-order valence-electron chi connectivity index (χ4n) is 3.04. The third-order valence-corrected chi connectivity index (χ3v) is 4.38. The van der Waals surface area contributed by atoms with Crippen LogP contribution in [0.5, 0.6) is 11.5 Å². The molecule has 126 valence electrons. The summed E-state index contributed by atoms with van der Waals surface area (Å²) in [5, 5.41) is 11.8. The summed E-state index contributed by atoms with van der Waals surface area (Å²) in [7, 11) is 1.64. The lowest BCUT2D eigenvalue weighted by atomic mass is 9.78. The first-order chi connectivity index (χ1) is 11.4. The van der Waals surface area contributed by atoms with Crippen molar-refractivity contribution >= 4 is 6.09 Å². The summed E-state index contributed by atoms with van der Waals surface area (Å²) >= 11 is 0. The zero-order valence-electron chi connectivity index (χ0n) is 14.0. The molecule has 24 heavy (non-hydrogen) atoms. The number of nitrogens with one attached hydrogen (secondary N) is 1. The summed E-state index contributed by atoms with van der Waals surface area (Å²) in [4.78, 5) is 11.2. The highest BCUT2D eigenvalue weighted by molar-refractivity contribution is 5.69. The summed E-state index contributed by atoms with van der Waals surface area (Å²) in [6, 6.07) is 13.4. The third kappa shape index (κ3) is 3.02. The summed E-state index contributed by atoms with van der Waals surface area (Å²) in [5.74, 6) is 1.51. The minimum absolute atomic E-state index is 0.307. The number of hydrogen-bond donors (Lipinski definition) is 2. The Bertz CT molecular complexity index is 770. The molecule has 0 spiro atoms. The number of benzene rings is 2. The minimum Gasteiger partial charge on any atom is -0.497 e. The second-order valence-electron chi connectivity index (χ2n) is 6.64. The molecule has 0 aromatic heterocycles. The van der Waals surface area contributed by atoms with E-state index in [1.165, 1.54) is 0 Å². The van der Waals surface area contributed by atoms with Crippen LogP contribution in [0.4, 0.5) is 4.79 Å². The Balaban J connectivity index is 2.00. The van der Waals surface area contributed by atoms with Gasteiger partial charge in [-0.15, -0.1) is 0 Å². The van der Waals surface area contributed by atoms with Gasteiger partial charge in [0.25, 0.3) is 0 Å². The zero-order chi connectivity index (χ0) is 17.3. The van der Waals surface area contributed by atoms with Gasteiger partial charge in [-0.3, -0.25) is 0 Å². The summed E-state index contributed by atoms with van der Waals surface area (Å²) < 4.78 is 11.2. The van der Waals surface area contributed by atoms with E-state index in [1.807, 2.05) is 56.3 Å². The lowest BCUT2D eigenvalue weighted by molar-refractivity contribution is 0.0996. The molecule has 5 nitrogen and oxygen atoms in total. The van der Waals surface area contributed by atoms with Crippen molar-refractivity contribution in [3.63, 3.8) is 0 Å². The first kappa shape index (κ1) is 16.2. The van der Waals surface area contributed by atoms with E-state index in [-0.39, 0.29) is 11.5 Å². The molecular weight excluding hydrogens is 306 g/mol. The molecule has 0 saturated carbocycles. The normalized spacial score (nSPS) is 18.2. The van der Waals surface area contributed by atoms with Gasteiger partial charge in [0, 0.05) is 11.0 Å². The van der Waals surface area contributed by atoms with E-state index in [1.54, 1.807) is 7.11 Å². The molecule has 1 atom stereocenters. The molecule has 2 aromatic carbocycles. The highest BCUT2D eigenvalue weighted by Crippen LogP contribution is 2.44. The number of carbonyl (C=O) groups is 1. The lowest BCUT2D eigenvalue weighted by Gasteiger charge is -2.39. The number of amides is 1. The number of rotatable bonds is 3. The molecular formula is C19H21NO4. The molecule has 1 aliphatic heterocycles. The quantitative estimate of drug-likeness (QED) is 0.891. The number of fused-ring (bicyclic) bond motifs is 1. The van der Waals surface area contributed by atoms with Crippen molar-refractivity contribution in [2.75, 3.05) is 13.7 Å². The Morgan fingerprint density at radius 3 is 2.71 bits per heavy atom. The van der Waals surface area contributed by atoms with Crippen molar-refractivity contribution in [1.29, 1.82) is 0 Å². The van der Waals surface area contributed by atoms with Gasteiger partial charge in [0.2, 0.25) is 0 Å². The second-order valence-corrected chi connectivity index (χ2v) is 6.64. The van der Waals surface area contributed by atoms with E-state index in [4.69, 9.17) is 14.6 Å². The van der Waals surface area contributed by atoms with Crippen LogP contribution in [0.1, 0.15) is 25.5 Å². The number of carboxylic acid groups (broad SMARTS) is 1.